The molecule has 0 N–H and O–H groups in total. The Morgan fingerprint density at radius 2 is 2.00 bits per heavy atom. The fraction of sp³-hybridized carbons (Fsp3) is 1.00. The first-order valence-electron chi connectivity index (χ1n) is 2.80. The van der Waals surface area contributed by atoms with Crippen molar-refractivity contribution in [3.63, 3.8) is 0 Å². The molecule has 0 aliphatic carbocycles. The third-order valence-electron chi connectivity index (χ3n) is 1.23. The van der Waals surface area contributed by atoms with Gasteiger partial charge in [0.2, 0.25) is 0 Å². The molecule has 1 heterocycles. The number of halogens is 1. The summed E-state index contributed by atoms with van der Waals surface area (Å²) in [7, 11) is 1.69. The Hall–Kier alpha value is 0.360. The highest BCUT2D eigenvalue weighted by molar-refractivity contribution is 4.50. The van der Waals surface area contributed by atoms with Crippen molar-refractivity contribution in [2.24, 2.45) is 0 Å². The van der Waals surface area contributed by atoms with Gasteiger partial charge in [-0.2, -0.15) is 5.06 Å². The van der Waals surface area contributed by atoms with E-state index in [1.165, 1.54) is 0 Å². The van der Waals surface area contributed by atoms with Crippen molar-refractivity contribution in [3.8, 4) is 0 Å². The fourth-order valence-electron chi connectivity index (χ4n) is 0.729. The second-order valence-corrected chi connectivity index (χ2v) is 1.72. The van der Waals surface area contributed by atoms with E-state index in [9.17, 15) is 0 Å². The van der Waals surface area contributed by atoms with E-state index in [4.69, 9.17) is 9.57 Å². The molecule has 0 bridgehead atoms. The Labute approximate surface area is 67.1 Å². The standard InChI is InChI=1S/C5H11NO2.BrH/c1-7-6-2-4-8-5-3-6;/h2-5H2,1H3;1H. The molecule has 0 spiro atoms. The maximum Gasteiger partial charge on any atom is 1.00 e. The molecule has 1 saturated heterocycles. The third kappa shape index (κ3) is 3.15. The van der Waals surface area contributed by atoms with Gasteiger partial charge in [0.05, 0.1) is 20.3 Å². The molecule has 9 heavy (non-hydrogen) atoms. The van der Waals surface area contributed by atoms with Crippen LogP contribution in [0, 0.1) is 0 Å². The topological polar surface area (TPSA) is 21.7 Å². The summed E-state index contributed by atoms with van der Waals surface area (Å²) < 4.78 is 5.08. The van der Waals surface area contributed by atoms with E-state index >= 15 is 0 Å². The number of rotatable bonds is 1. The van der Waals surface area contributed by atoms with Crippen molar-refractivity contribution in [1.82, 2.24) is 5.06 Å². The van der Waals surface area contributed by atoms with E-state index in [0.717, 1.165) is 26.3 Å². The molecular weight excluding hydrogens is 186 g/mol. The smallest absolute Gasteiger partial charge is 1.00 e. The fourth-order valence-corrected chi connectivity index (χ4v) is 0.729. The molecule has 0 atom stereocenters. The lowest BCUT2D eigenvalue weighted by Gasteiger charge is -2.23. The SMILES string of the molecule is CON1CCOCC1.[Br-].[H+]. The van der Waals surface area contributed by atoms with Crippen LogP contribution in [-0.2, 0) is 9.57 Å². The van der Waals surface area contributed by atoms with Gasteiger partial charge < -0.3 is 26.6 Å². The summed E-state index contributed by atoms with van der Waals surface area (Å²) in [4.78, 5) is 4.94. The monoisotopic (exact) mass is 197 g/mol. The lowest BCUT2D eigenvalue weighted by Crippen LogP contribution is -3.00. The van der Waals surface area contributed by atoms with Crippen molar-refractivity contribution in [1.29, 1.82) is 0 Å². The average molecular weight is 198 g/mol. The maximum atomic E-state index is 5.08. The molecule has 0 saturated carbocycles. The molecule has 1 aliphatic heterocycles. The second kappa shape index (κ2) is 5.17. The van der Waals surface area contributed by atoms with Gasteiger partial charge in [-0.3, -0.25) is 0 Å². The minimum absolute atomic E-state index is 0. The predicted octanol–water partition coefficient (Wildman–Crippen LogP) is -3.00. The molecule has 1 aliphatic rings. The average Bonchev–Trinajstić information content (AvgIpc) is 1.90. The van der Waals surface area contributed by atoms with Crippen LogP contribution in [0.25, 0.3) is 0 Å². The first-order chi connectivity index (χ1) is 3.93. The molecule has 0 amide bonds. The zero-order chi connectivity index (χ0) is 5.82. The van der Waals surface area contributed by atoms with Gasteiger partial charge in [-0.15, -0.1) is 0 Å². The maximum absolute atomic E-state index is 5.08. The van der Waals surface area contributed by atoms with Crippen LogP contribution in [0.4, 0.5) is 0 Å². The molecule has 0 unspecified atom stereocenters. The number of nitrogens with zero attached hydrogens (tertiary/aromatic N) is 1. The van der Waals surface area contributed by atoms with Gasteiger partial charge in [-0.1, -0.05) is 0 Å². The summed E-state index contributed by atoms with van der Waals surface area (Å²) in [5.74, 6) is 0. The number of morpholine rings is 1. The van der Waals surface area contributed by atoms with E-state index in [1.807, 2.05) is 5.06 Å². The molecule has 3 nitrogen and oxygen atoms in total. The summed E-state index contributed by atoms with van der Waals surface area (Å²) >= 11 is 0. The summed E-state index contributed by atoms with van der Waals surface area (Å²) in [6.45, 7) is 3.40. The second-order valence-electron chi connectivity index (χ2n) is 1.72. The lowest BCUT2D eigenvalue weighted by molar-refractivity contribution is -0.171. The highest BCUT2D eigenvalue weighted by Crippen LogP contribution is 1.94. The first kappa shape index (κ1) is 9.36. The quantitative estimate of drug-likeness (QED) is 0.448. The Morgan fingerprint density at radius 3 is 2.33 bits per heavy atom. The summed E-state index contributed by atoms with van der Waals surface area (Å²) in [6, 6.07) is 0. The van der Waals surface area contributed by atoms with E-state index in [-0.39, 0.29) is 18.4 Å². The Balaban J connectivity index is 0. The van der Waals surface area contributed by atoms with Crippen LogP contribution in [-0.4, -0.2) is 38.5 Å². The van der Waals surface area contributed by atoms with Crippen LogP contribution in [0.2, 0.25) is 0 Å². The summed E-state index contributed by atoms with van der Waals surface area (Å²) in [5.41, 5.74) is 0. The van der Waals surface area contributed by atoms with Gasteiger partial charge in [0.25, 0.3) is 0 Å². The molecule has 0 radical (unpaired) electrons. The van der Waals surface area contributed by atoms with Crippen LogP contribution in [0.3, 0.4) is 0 Å². The van der Waals surface area contributed by atoms with E-state index in [1.54, 1.807) is 7.11 Å². The highest BCUT2D eigenvalue weighted by atomic mass is 79.9. The summed E-state index contributed by atoms with van der Waals surface area (Å²) in [6.07, 6.45) is 0. The van der Waals surface area contributed by atoms with Crippen molar-refractivity contribution < 1.29 is 28.0 Å². The van der Waals surface area contributed by atoms with E-state index in [0.29, 0.717) is 0 Å². The zero-order valence-electron chi connectivity index (χ0n) is 6.47. The predicted molar refractivity (Wildman–Crippen MR) is 30.5 cm³/mol. The minimum atomic E-state index is 0. The van der Waals surface area contributed by atoms with Crippen molar-refractivity contribution in [3.05, 3.63) is 0 Å². The van der Waals surface area contributed by atoms with Crippen LogP contribution in [0.1, 0.15) is 1.43 Å². The van der Waals surface area contributed by atoms with Crippen LogP contribution < -0.4 is 17.0 Å². The molecule has 4 heteroatoms. The molecule has 0 aromatic rings. The van der Waals surface area contributed by atoms with E-state index in [2.05, 4.69) is 0 Å². The highest BCUT2D eigenvalue weighted by Gasteiger charge is 2.07. The number of hydrogen-bond acceptors (Lipinski definition) is 3. The van der Waals surface area contributed by atoms with Gasteiger partial charge in [-0.05, 0) is 0 Å². The number of hydroxylamine groups is 2. The molecule has 1 fully saturated rings. The largest absolute Gasteiger partial charge is 1.00 e. The minimum Gasteiger partial charge on any atom is -1.00 e. The van der Waals surface area contributed by atoms with Gasteiger partial charge in [0.1, 0.15) is 0 Å². The Morgan fingerprint density at radius 1 is 1.44 bits per heavy atom. The van der Waals surface area contributed by atoms with Gasteiger partial charge in [0, 0.05) is 13.1 Å². The lowest BCUT2D eigenvalue weighted by atomic mass is 10.5. The van der Waals surface area contributed by atoms with Crippen LogP contribution >= 0.6 is 0 Å². The number of ether oxygens (including phenoxy) is 1. The summed E-state index contributed by atoms with van der Waals surface area (Å²) in [5, 5.41) is 1.89. The molecule has 56 valence electrons. The van der Waals surface area contributed by atoms with Crippen molar-refractivity contribution in [2.45, 2.75) is 0 Å². The third-order valence-corrected chi connectivity index (χ3v) is 1.23. The molecule has 0 aromatic carbocycles. The Kier molecular flexibility index (Phi) is 5.38. The Bertz CT molecular complexity index is 70.7. The molecule has 1 rings (SSSR count). The van der Waals surface area contributed by atoms with E-state index < -0.39 is 0 Å². The van der Waals surface area contributed by atoms with Gasteiger partial charge >= 0.3 is 1.43 Å². The number of hydrogen-bond donors (Lipinski definition) is 0. The molecular formula is C5H12BrNO2. The van der Waals surface area contributed by atoms with Gasteiger partial charge in [0.15, 0.2) is 0 Å². The normalized spacial score (nSPS) is 21.0. The van der Waals surface area contributed by atoms with Crippen molar-refractivity contribution in [2.75, 3.05) is 33.4 Å². The zero-order valence-corrected chi connectivity index (χ0v) is 7.06. The first-order valence-corrected chi connectivity index (χ1v) is 2.80. The van der Waals surface area contributed by atoms with Crippen molar-refractivity contribution >= 4 is 0 Å². The molecule has 0 aromatic heterocycles. The van der Waals surface area contributed by atoms with Crippen LogP contribution in [0.5, 0.6) is 0 Å². The van der Waals surface area contributed by atoms with Gasteiger partial charge in [-0.25, -0.2) is 0 Å². The van der Waals surface area contributed by atoms with Crippen LogP contribution in [0.15, 0.2) is 0 Å².